The Morgan fingerprint density at radius 2 is 1.58 bits per heavy atom. The third-order valence-corrected chi connectivity index (χ3v) is 8.45. The summed E-state index contributed by atoms with van der Waals surface area (Å²) in [5.41, 5.74) is 16.6. The molecule has 19 heteroatoms. The fourth-order valence-electron chi connectivity index (χ4n) is 2.99. The van der Waals surface area contributed by atoms with Gasteiger partial charge in [-0.3, -0.25) is 4.57 Å². The van der Waals surface area contributed by atoms with Crippen LogP contribution in [0, 0.1) is 11.6 Å². The number of thiophene rings is 1. The van der Waals surface area contributed by atoms with Gasteiger partial charge in [0, 0.05) is 28.3 Å². The molecule has 0 aliphatic carbocycles. The van der Waals surface area contributed by atoms with Crippen LogP contribution in [-0.2, 0) is 21.0 Å². The predicted molar refractivity (Wildman–Crippen MR) is 127 cm³/mol. The predicted octanol–water partition coefficient (Wildman–Crippen LogP) is 4.31. The molecule has 1 aromatic carbocycles. The molecule has 0 aliphatic rings. The lowest BCUT2D eigenvalue weighted by Gasteiger charge is -2.15. The first-order valence-corrected chi connectivity index (χ1v) is 14.4. The summed E-state index contributed by atoms with van der Waals surface area (Å²) in [7, 11) is -9.29. The molecule has 36 heavy (non-hydrogen) atoms. The van der Waals surface area contributed by atoms with Crippen LogP contribution in [0.15, 0.2) is 14.4 Å². The Kier molecular flexibility index (Phi) is 10.7. The van der Waals surface area contributed by atoms with Crippen molar-refractivity contribution in [2.75, 3.05) is 32.6 Å². The maximum Gasteiger partial charge on any atom is 0.340 e. The fourth-order valence-corrected chi connectivity index (χ4v) is 6.96. The Balaban J connectivity index is 2.62. The van der Waals surface area contributed by atoms with E-state index < -0.39 is 55.9 Å². The van der Waals surface area contributed by atoms with Crippen LogP contribution in [0.4, 0.5) is 8.78 Å². The minimum absolute atomic E-state index is 0.0253. The van der Waals surface area contributed by atoms with Gasteiger partial charge in [-0.2, -0.15) is 4.72 Å². The lowest BCUT2D eigenvalue weighted by molar-refractivity contribution is 0.247. The van der Waals surface area contributed by atoms with Crippen LogP contribution < -0.4 is 14.2 Å². The second-order valence-electron chi connectivity index (χ2n) is 7.00. The molecule has 0 atom stereocenters. The van der Waals surface area contributed by atoms with E-state index in [-0.39, 0.29) is 56.5 Å². The van der Waals surface area contributed by atoms with Crippen molar-refractivity contribution in [3.63, 3.8) is 0 Å². The Morgan fingerprint density at radius 1 is 1.06 bits per heavy atom. The van der Waals surface area contributed by atoms with E-state index in [1.807, 2.05) is 0 Å². The zero-order chi connectivity index (χ0) is 26.9. The highest BCUT2D eigenvalue weighted by molar-refractivity contribution is 7.92. The van der Waals surface area contributed by atoms with Gasteiger partial charge in [-0.15, -0.1) is 11.3 Å². The van der Waals surface area contributed by atoms with E-state index in [0.29, 0.717) is 11.3 Å². The summed E-state index contributed by atoms with van der Waals surface area (Å²) in [5, 5.41) is 6.26. The normalized spacial score (nSPS) is 11.7. The highest BCUT2D eigenvalue weighted by Gasteiger charge is 2.32. The SMILES string of the molecule is CCc1c(S(=O)(=O)NCP(=O)(O)O)sc2c(F)c(OCCCN=[N+]=[N-])c(OCCCN=[N+]=[N-])c(F)c12. The third kappa shape index (κ3) is 7.41. The number of fused-ring (bicyclic) bond motifs is 1. The highest BCUT2D eigenvalue weighted by Crippen LogP contribution is 2.47. The van der Waals surface area contributed by atoms with Crippen molar-refractivity contribution in [2.45, 2.75) is 30.4 Å². The van der Waals surface area contributed by atoms with E-state index in [0.717, 1.165) is 0 Å². The number of ether oxygens (including phenoxy) is 2. The summed E-state index contributed by atoms with van der Waals surface area (Å²) < 4.78 is 79.5. The summed E-state index contributed by atoms with van der Waals surface area (Å²) in [6, 6.07) is 0. The van der Waals surface area contributed by atoms with Crippen molar-refractivity contribution in [1.29, 1.82) is 0 Å². The third-order valence-electron chi connectivity index (χ3n) is 4.48. The molecule has 0 unspecified atom stereocenters. The van der Waals surface area contributed by atoms with Crippen LogP contribution in [0.3, 0.4) is 0 Å². The quantitative estimate of drug-likeness (QED) is 0.0926. The zero-order valence-corrected chi connectivity index (χ0v) is 21.3. The Bertz CT molecular complexity index is 1350. The van der Waals surface area contributed by atoms with Gasteiger partial charge in [0.2, 0.25) is 11.5 Å². The lowest BCUT2D eigenvalue weighted by Crippen LogP contribution is -2.24. The summed E-state index contributed by atoms with van der Waals surface area (Å²) in [6.45, 7) is 1.18. The van der Waals surface area contributed by atoms with E-state index >= 15 is 8.78 Å². The van der Waals surface area contributed by atoms with Gasteiger partial charge < -0.3 is 19.3 Å². The molecule has 0 amide bonds. The number of halogens is 2. The average molecular weight is 570 g/mol. The van der Waals surface area contributed by atoms with Crippen LogP contribution >= 0.6 is 18.9 Å². The molecule has 0 saturated carbocycles. The van der Waals surface area contributed by atoms with E-state index in [2.05, 4.69) is 20.1 Å². The number of sulfonamides is 1. The molecule has 14 nitrogen and oxygen atoms in total. The average Bonchev–Trinajstić information content (AvgIpc) is 3.22. The van der Waals surface area contributed by atoms with Crippen molar-refractivity contribution in [2.24, 2.45) is 10.2 Å². The van der Waals surface area contributed by atoms with Gasteiger partial charge in [0.1, 0.15) is 10.5 Å². The molecule has 1 heterocycles. The van der Waals surface area contributed by atoms with Gasteiger partial charge in [0.15, 0.2) is 11.6 Å². The summed E-state index contributed by atoms with van der Waals surface area (Å²) in [6.07, 6.45) is -0.937. The summed E-state index contributed by atoms with van der Waals surface area (Å²) >= 11 is 0.376. The van der Waals surface area contributed by atoms with Crippen molar-refractivity contribution < 1.29 is 41.0 Å². The lowest BCUT2D eigenvalue weighted by atomic mass is 10.1. The van der Waals surface area contributed by atoms with Gasteiger partial charge in [-0.1, -0.05) is 17.2 Å². The standard InChI is InChI=1S/C17H22F2N7O7PS2/c1-2-10-11-12(18)14(32-7-3-5-22-25-20)15(33-8-4-6-23-26-21)13(19)16(11)35-17(10)36(30,31)24-9-34(27,28)29/h24H,2-9H2,1H3,(H2,27,28,29). The van der Waals surface area contributed by atoms with Gasteiger partial charge in [-0.05, 0) is 35.9 Å². The molecule has 198 valence electrons. The maximum atomic E-state index is 15.7. The molecule has 0 fully saturated rings. The Labute approximate surface area is 207 Å². The second kappa shape index (κ2) is 13.0. The van der Waals surface area contributed by atoms with Crippen LogP contribution in [-0.4, -0.2) is 50.8 Å². The van der Waals surface area contributed by atoms with Crippen LogP contribution in [0.2, 0.25) is 0 Å². The second-order valence-corrected chi connectivity index (χ2v) is 11.6. The molecule has 1 aromatic heterocycles. The minimum atomic E-state index is -4.75. The number of nitrogens with one attached hydrogen (secondary N) is 1. The van der Waals surface area contributed by atoms with E-state index in [4.69, 9.17) is 30.3 Å². The van der Waals surface area contributed by atoms with Gasteiger partial charge in [0.25, 0.3) is 10.0 Å². The molecule has 0 spiro atoms. The maximum absolute atomic E-state index is 15.7. The first kappa shape index (κ1) is 29.5. The van der Waals surface area contributed by atoms with Crippen molar-refractivity contribution in [3.8, 4) is 11.5 Å². The minimum Gasteiger partial charge on any atom is -0.487 e. The molecule has 0 bridgehead atoms. The van der Waals surface area contributed by atoms with Gasteiger partial charge in [-0.25, -0.2) is 17.2 Å². The highest BCUT2D eigenvalue weighted by atomic mass is 32.2. The molecule has 2 aromatic rings. The van der Waals surface area contributed by atoms with Crippen molar-refractivity contribution >= 4 is 39.0 Å². The smallest absolute Gasteiger partial charge is 0.340 e. The number of hydrogen-bond donors (Lipinski definition) is 3. The van der Waals surface area contributed by atoms with Crippen LogP contribution in [0.5, 0.6) is 11.5 Å². The van der Waals surface area contributed by atoms with Crippen LogP contribution in [0.1, 0.15) is 25.3 Å². The topological polar surface area (TPSA) is 220 Å². The van der Waals surface area contributed by atoms with Gasteiger partial charge in [0.05, 0.1) is 17.9 Å². The van der Waals surface area contributed by atoms with Crippen molar-refractivity contribution in [1.82, 2.24) is 4.72 Å². The largest absolute Gasteiger partial charge is 0.487 e. The molecular formula is C17H22F2N7O7PS2. The van der Waals surface area contributed by atoms with Crippen LogP contribution in [0.25, 0.3) is 31.0 Å². The Hall–Kier alpha value is -2.68. The zero-order valence-electron chi connectivity index (χ0n) is 18.8. The number of rotatable bonds is 15. The number of benzene rings is 1. The van der Waals surface area contributed by atoms with E-state index in [1.165, 1.54) is 6.92 Å². The monoisotopic (exact) mass is 569 g/mol. The molecule has 0 radical (unpaired) electrons. The fraction of sp³-hybridized carbons (Fsp3) is 0.529. The molecule has 0 aliphatic heterocycles. The molecule has 0 saturated heterocycles. The molecule has 2 rings (SSSR count). The molecular weight excluding hydrogens is 547 g/mol. The van der Waals surface area contributed by atoms with E-state index in [1.54, 1.807) is 4.72 Å². The summed E-state index contributed by atoms with van der Waals surface area (Å²) in [5.74, 6) is -3.44. The van der Waals surface area contributed by atoms with Gasteiger partial charge >= 0.3 is 7.60 Å². The summed E-state index contributed by atoms with van der Waals surface area (Å²) in [4.78, 5) is 23.2. The molecule has 3 N–H and O–H groups in total. The Morgan fingerprint density at radius 3 is 2.06 bits per heavy atom. The number of hydrogen-bond acceptors (Lipinski definition) is 8. The number of nitrogens with zero attached hydrogens (tertiary/aromatic N) is 6. The van der Waals surface area contributed by atoms with Crippen molar-refractivity contribution in [3.05, 3.63) is 38.1 Å². The van der Waals surface area contributed by atoms with E-state index in [9.17, 15) is 13.0 Å². The first-order chi connectivity index (χ1) is 17.0. The number of azide groups is 2. The first-order valence-electron chi connectivity index (χ1n) is 10.3. The number of aryl methyl sites for hydroxylation is 1.